The highest BCUT2D eigenvalue weighted by atomic mass is 79.9. The van der Waals surface area contributed by atoms with Crippen molar-refractivity contribution in [1.29, 1.82) is 5.26 Å². The minimum atomic E-state index is -0.514. The summed E-state index contributed by atoms with van der Waals surface area (Å²) in [5.74, 6) is 0.401. The Morgan fingerprint density at radius 3 is 2.65 bits per heavy atom. The summed E-state index contributed by atoms with van der Waals surface area (Å²) < 4.78 is 6.28. The van der Waals surface area contributed by atoms with Crippen molar-refractivity contribution in [3.05, 3.63) is 62.1 Å². The molecule has 0 saturated carbocycles. The molecule has 0 fully saturated rings. The lowest BCUT2D eigenvalue weighted by atomic mass is 10.2. The Kier molecular flexibility index (Phi) is 4.01. The van der Waals surface area contributed by atoms with Gasteiger partial charge in [0.05, 0.1) is 10.5 Å². The van der Waals surface area contributed by atoms with Gasteiger partial charge in [0.2, 0.25) is 5.75 Å². The molecule has 2 aromatic carbocycles. The smallest absolute Gasteiger partial charge is 0.311 e. The summed E-state index contributed by atoms with van der Waals surface area (Å²) in [6.45, 7) is 1.81. The molecule has 2 aromatic rings. The number of hydrogen-bond acceptors (Lipinski definition) is 4. The van der Waals surface area contributed by atoms with Gasteiger partial charge < -0.3 is 4.74 Å². The van der Waals surface area contributed by atoms with Crippen molar-refractivity contribution in [2.75, 3.05) is 0 Å². The average Bonchev–Trinajstić information content (AvgIpc) is 2.40. The molecule has 0 amide bonds. The van der Waals surface area contributed by atoms with Crippen LogP contribution in [0.25, 0.3) is 0 Å². The van der Waals surface area contributed by atoms with E-state index in [-0.39, 0.29) is 17.2 Å². The number of nitro benzene ring substituents is 1. The number of halogens is 1. The number of nitriles is 1. The molecule has 0 aromatic heterocycles. The summed E-state index contributed by atoms with van der Waals surface area (Å²) in [7, 11) is 0. The summed E-state index contributed by atoms with van der Waals surface area (Å²) >= 11 is 3.26. The predicted molar refractivity (Wildman–Crippen MR) is 76.8 cm³/mol. The Labute approximate surface area is 123 Å². The van der Waals surface area contributed by atoms with Gasteiger partial charge in [-0.1, -0.05) is 22.0 Å². The monoisotopic (exact) mass is 332 g/mol. The van der Waals surface area contributed by atoms with Crippen LogP contribution in [0.4, 0.5) is 5.69 Å². The van der Waals surface area contributed by atoms with E-state index in [2.05, 4.69) is 15.9 Å². The number of rotatable bonds is 3. The third kappa shape index (κ3) is 2.95. The van der Waals surface area contributed by atoms with E-state index in [9.17, 15) is 10.1 Å². The van der Waals surface area contributed by atoms with Gasteiger partial charge in [0.25, 0.3) is 0 Å². The van der Waals surface area contributed by atoms with Crippen LogP contribution in [0.5, 0.6) is 11.5 Å². The highest BCUT2D eigenvalue weighted by Crippen LogP contribution is 2.34. The van der Waals surface area contributed by atoms with Crippen LogP contribution in [-0.4, -0.2) is 4.92 Å². The van der Waals surface area contributed by atoms with Gasteiger partial charge >= 0.3 is 5.69 Å². The molecule has 0 unspecified atom stereocenters. The molecular formula is C14H9BrN2O3. The summed E-state index contributed by atoms with van der Waals surface area (Å²) in [6.07, 6.45) is 0. The molecule has 0 radical (unpaired) electrons. The maximum absolute atomic E-state index is 11.0. The first kappa shape index (κ1) is 14.0. The average molecular weight is 333 g/mol. The predicted octanol–water partition coefficient (Wildman–Crippen LogP) is 4.33. The highest BCUT2D eigenvalue weighted by molar-refractivity contribution is 9.10. The summed E-state index contributed by atoms with van der Waals surface area (Å²) in [5, 5.41) is 20.1. The van der Waals surface area contributed by atoms with Crippen LogP contribution in [0.1, 0.15) is 11.1 Å². The Balaban J connectivity index is 2.47. The maximum atomic E-state index is 11.0. The quantitative estimate of drug-likeness (QED) is 0.619. The summed E-state index contributed by atoms with van der Waals surface area (Å²) in [6, 6.07) is 11.5. The van der Waals surface area contributed by atoms with Gasteiger partial charge in [-0.2, -0.15) is 5.26 Å². The Hall–Kier alpha value is -2.39. The van der Waals surface area contributed by atoms with Gasteiger partial charge in [-0.25, -0.2) is 0 Å². The van der Waals surface area contributed by atoms with Gasteiger partial charge in [-0.05, 0) is 36.8 Å². The number of nitro groups is 1. The van der Waals surface area contributed by atoms with Crippen LogP contribution in [0.2, 0.25) is 0 Å². The second-order valence-corrected chi connectivity index (χ2v) is 5.00. The van der Waals surface area contributed by atoms with Gasteiger partial charge in [0.1, 0.15) is 11.8 Å². The van der Waals surface area contributed by atoms with Gasteiger partial charge in [0.15, 0.2) is 0 Å². The van der Waals surface area contributed by atoms with Gasteiger partial charge in [0, 0.05) is 10.5 Å². The van der Waals surface area contributed by atoms with E-state index in [0.717, 1.165) is 10.0 Å². The van der Waals surface area contributed by atoms with Crippen LogP contribution >= 0.6 is 15.9 Å². The van der Waals surface area contributed by atoms with Crippen molar-refractivity contribution in [2.24, 2.45) is 0 Å². The molecule has 2 rings (SSSR count). The molecular weight excluding hydrogens is 324 g/mol. The molecule has 0 aliphatic carbocycles. The van der Waals surface area contributed by atoms with Gasteiger partial charge in [-0.3, -0.25) is 10.1 Å². The lowest BCUT2D eigenvalue weighted by Gasteiger charge is -2.08. The fourth-order valence-electron chi connectivity index (χ4n) is 1.65. The fraction of sp³-hybridized carbons (Fsp3) is 0.0714. The zero-order valence-electron chi connectivity index (χ0n) is 10.5. The zero-order chi connectivity index (χ0) is 14.7. The Morgan fingerprint density at radius 2 is 2.00 bits per heavy atom. The van der Waals surface area contributed by atoms with E-state index in [1.807, 2.05) is 13.0 Å². The first-order valence-electron chi connectivity index (χ1n) is 5.64. The molecule has 0 spiro atoms. The second-order valence-electron chi connectivity index (χ2n) is 4.08. The zero-order valence-corrected chi connectivity index (χ0v) is 12.0. The van der Waals surface area contributed by atoms with E-state index in [4.69, 9.17) is 10.00 Å². The molecule has 0 saturated heterocycles. The van der Waals surface area contributed by atoms with Crippen molar-refractivity contribution in [3.63, 3.8) is 0 Å². The van der Waals surface area contributed by atoms with E-state index in [1.54, 1.807) is 30.3 Å². The van der Waals surface area contributed by atoms with Crippen LogP contribution in [0.15, 0.2) is 40.9 Å². The number of aryl methyl sites for hydroxylation is 1. The first-order valence-corrected chi connectivity index (χ1v) is 6.43. The number of benzene rings is 2. The van der Waals surface area contributed by atoms with Crippen LogP contribution < -0.4 is 4.74 Å². The number of nitrogens with zero attached hydrogens (tertiary/aromatic N) is 2. The standard InChI is InChI=1S/C14H9BrN2O3/c1-9-2-4-12(17(18)19)14(6-9)20-13-5-3-11(15)7-10(13)8-16/h2-7H,1H3. The summed E-state index contributed by atoms with van der Waals surface area (Å²) in [5.41, 5.74) is 0.999. The second kappa shape index (κ2) is 5.72. The van der Waals surface area contributed by atoms with Crippen molar-refractivity contribution >= 4 is 21.6 Å². The molecule has 0 aliphatic heterocycles. The van der Waals surface area contributed by atoms with Crippen molar-refractivity contribution in [3.8, 4) is 17.6 Å². The Bertz CT molecular complexity index is 723. The minimum absolute atomic E-state index is 0.119. The van der Waals surface area contributed by atoms with E-state index < -0.39 is 4.92 Å². The normalized spacial score (nSPS) is 9.85. The molecule has 0 bridgehead atoms. The topological polar surface area (TPSA) is 76.2 Å². The van der Waals surface area contributed by atoms with Crippen molar-refractivity contribution in [2.45, 2.75) is 6.92 Å². The summed E-state index contributed by atoms with van der Waals surface area (Å²) in [4.78, 5) is 10.5. The highest BCUT2D eigenvalue weighted by Gasteiger charge is 2.17. The largest absolute Gasteiger partial charge is 0.449 e. The molecule has 0 atom stereocenters. The molecule has 5 nitrogen and oxygen atoms in total. The first-order chi connectivity index (χ1) is 9.51. The third-order valence-corrected chi connectivity index (χ3v) is 3.09. The maximum Gasteiger partial charge on any atom is 0.311 e. The lowest BCUT2D eigenvalue weighted by molar-refractivity contribution is -0.385. The number of hydrogen-bond donors (Lipinski definition) is 0. The number of ether oxygens (including phenoxy) is 1. The molecule has 100 valence electrons. The lowest BCUT2D eigenvalue weighted by Crippen LogP contribution is -1.95. The fourth-order valence-corrected chi connectivity index (χ4v) is 2.01. The molecule has 20 heavy (non-hydrogen) atoms. The Morgan fingerprint density at radius 1 is 1.25 bits per heavy atom. The van der Waals surface area contributed by atoms with E-state index in [0.29, 0.717) is 5.56 Å². The SMILES string of the molecule is Cc1ccc([N+](=O)[O-])c(Oc2ccc(Br)cc2C#N)c1. The van der Waals surface area contributed by atoms with E-state index >= 15 is 0 Å². The third-order valence-electron chi connectivity index (χ3n) is 2.59. The molecule has 6 heteroatoms. The van der Waals surface area contributed by atoms with Crippen molar-refractivity contribution < 1.29 is 9.66 Å². The van der Waals surface area contributed by atoms with E-state index in [1.165, 1.54) is 6.07 Å². The van der Waals surface area contributed by atoms with Crippen LogP contribution in [0, 0.1) is 28.4 Å². The molecule has 0 N–H and O–H groups in total. The molecule has 0 heterocycles. The van der Waals surface area contributed by atoms with Crippen molar-refractivity contribution in [1.82, 2.24) is 0 Å². The van der Waals surface area contributed by atoms with Gasteiger partial charge in [-0.15, -0.1) is 0 Å². The molecule has 0 aliphatic rings. The van der Waals surface area contributed by atoms with Crippen LogP contribution in [-0.2, 0) is 0 Å². The minimum Gasteiger partial charge on any atom is -0.449 e. The van der Waals surface area contributed by atoms with Crippen LogP contribution in [0.3, 0.4) is 0 Å².